The summed E-state index contributed by atoms with van der Waals surface area (Å²) >= 11 is 0. The van der Waals surface area contributed by atoms with E-state index in [4.69, 9.17) is 5.73 Å². The van der Waals surface area contributed by atoms with Gasteiger partial charge >= 0.3 is 0 Å². The van der Waals surface area contributed by atoms with Crippen molar-refractivity contribution in [3.05, 3.63) is 35.4 Å². The van der Waals surface area contributed by atoms with Crippen LogP contribution in [0.25, 0.3) is 0 Å². The van der Waals surface area contributed by atoms with Crippen LogP contribution in [-0.4, -0.2) is 0 Å². The summed E-state index contributed by atoms with van der Waals surface area (Å²) in [5.41, 5.74) is 8.41. The third-order valence-corrected chi connectivity index (χ3v) is 2.32. The number of nitrogens with two attached hydrogens (primary N) is 1. The van der Waals surface area contributed by atoms with Gasteiger partial charge in [0.15, 0.2) is 0 Å². The molecule has 0 fully saturated rings. The van der Waals surface area contributed by atoms with Crippen molar-refractivity contribution >= 4 is 0 Å². The fourth-order valence-corrected chi connectivity index (χ4v) is 1.37. The summed E-state index contributed by atoms with van der Waals surface area (Å²) in [5.74, 6) is 0. The minimum atomic E-state index is 0.153. The first-order valence-corrected chi connectivity index (χ1v) is 5.08. The molecule has 1 rings (SSSR count). The Labute approximate surface area is 81.0 Å². The largest absolute Gasteiger partial charge is 0.324 e. The molecule has 1 unspecified atom stereocenters. The van der Waals surface area contributed by atoms with Crippen LogP contribution >= 0.6 is 0 Å². The van der Waals surface area contributed by atoms with Crippen molar-refractivity contribution in [2.24, 2.45) is 5.73 Å². The summed E-state index contributed by atoms with van der Waals surface area (Å²) in [6, 6.07) is 8.80. The van der Waals surface area contributed by atoms with E-state index in [0.717, 1.165) is 0 Å². The molecule has 1 aromatic rings. The van der Waals surface area contributed by atoms with E-state index in [1.54, 1.807) is 0 Å². The van der Waals surface area contributed by atoms with Crippen molar-refractivity contribution in [2.45, 2.75) is 39.2 Å². The summed E-state index contributed by atoms with van der Waals surface area (Å²) in [5, 5.41) is 0. The predicted molar refractivity (Wildman–Crippen MR) is 57.7 cm³/mol. The van der Waals surface area contributed by atoms with Crippen molar-refractivity contribution in [3.8, 4) is 0 Å². The molecular formula is C12H19N. The molecule has 0 heterocycles. The maximum absolute atomic E-state index is 5.76. The van der Waals surface area contributed by atoms with Crippen molar-refractivity contribution in [1.82, 2.24) is 0 Å². The summed E-state index contributed by atoms with van der Waals surface area (Å²) in [6.45, 7) is 4.23. The second kappa shape index (κ2) is 5.03. The molecule has 0 aromatic heterocycles. The molecule has 72 valence electrons. The van der Waals surface area contributed by atoms with Crippen LogP contribution in [0.15, 0.2) is 24.3 Å². The number of hydrogen-bond acceptors (Lipinski definition) is 1. The van der Waals surface area contributed by atoms with E-state index in [9.17, 15) is 0 Å². The zero-order chi connectivity index (χ0) is 9.68. The van der Waals surface area contributed by atoms with Gasteiger partial charge in [-0.15, -0.1) is 0 Å². The molecule has 0 aliphatic carbocycles. The quantitative estimate of drug-likeness (QED) is 0.751. The van der Waals surface area contributed by atoms with E-state index in [1.807, 2.05) is 6.92 Å². The first-order chi connectivity index (χ1) is 6.24. The van der Waals surface area contributed by atoms with Crippen molar-refractivity contribution in [3.63, 3.8) is 0 Å². The summed E-state index contributed by atoms with van der Waals surface area (Å²) in [6.07, 6.45) is 3.72. The van der Waals surface area contributed by atoms with Crippen LogP contribution in [0.5, 0.6) is 0 Å². The molecule has 0 bridgehead atoms. The minimum Gasteiger partial charge on any atom is -0.324 e. The van der Waals surface area contributed by atoms with Crippen LogP contribution in [0.1, 0.15) is 43.9 Å². The standard InChI is InChI=1S/C12H19N/c1-3-4-5-11-6-8-12(9-7-11)10(2)13/h6-10H,3-5,13H2,1-2H3. The smallest absolute Gasteiger partial charge is 0.0266 e. The van der Waals surface area contributed by atoms with Crippen LogP contribution < -0.4 is 5.73 Å². The second-order valence-electron chi connectivity index (χ2n) is 3.63. The molecule has 0 amide bonds. The van der Waals surface area contributed by atoms with E-state index in [0.29, 0.717) is 0 Å². The fourth-order valence-electron chi connectivity index (χ4n) is 1.37. The number of rotatable bonds is 4. The lowest BCUT2D eigenvalue weighted by Gasteiger charge is -2.06. The van der Waals surface area contributed by atoms with Crippen LogP contribution in [0.2, 0.25) is 0 Å². The van der Waals surface area contributed by atoms with Gasteiger partial charge in [-0.3, -0.25) is 0 Å². The zero-order valence-electron chi connectivity index (χ0n) is 8.59. The number of aryl methyl sites for hydroxylation is 1. The van der Waals surface area contributed by atoms with Crippen LogP contribution in [0.3, 0.4) is 0 Å². The highest BCUT2D eigenvalue weighted by Gasteiger charge is 1.98. The van der Waals surface area contributed by atoms with Gasteiger partial charge in [0.1, 0.15) is 0 Å². The second-order valence-corrected chi connectivity index (χ2v) is 3.63. The maximum Gasteiger partial charge on any atom is 0.0266 e. The molecule has 0 spiro atoms. The van der Waals surface area contributed by atoms with Gasteiger partial charge in [-0.2, -0.15) is 0 Å². The molecule has 0 saturated carbocycles. The molecule has 0 aliphatic heterocycles. The third kappa shape index (κ3) is 3.19. The van der Waals surface area contributed by atoms with E-state index in [-0.39, 0.29) is 6.04 Å². The van der Waals surface area contributed by atoms with Gasteiger partial charge in [0.25, 0.3) is 0 Å². The van der Waals surface area contributed by atoms with Crippen LogP contribution in [0, 0.1) is 0 Å². The van der Waals surface area contributed by atoms with Gasteiger partial charge in [-0.25, -0.2) is 0 Å². The number of benzene rings is 1. The average molecular weight is 177 g/mol. The molecule has 1 nitrogen and oxygen atoms in total. The average Bonchev–Trinajstić information content (AvgIpc) is 2.15. The fraction of sp³-hybridized carbons (Fsp3) is 0.500. The summed E-state index contributed by atoms with van der Waals surface area (Å²) in [4.78, 5) is 0. The Bertz CT molecular complexity index is 236. The Morgan fingerprint density at radius 1 is 1.23 bits per heavy atom. The van der Waals surface area contributed by atoms with E-state index in [2.05, 4.69) is 31.2 Å². The number of unbranched alkanes of at least 4 members (excludes halogenated alkanes) is 1. The SMILES string of the molecule is CCCCc1ccc(C(C)N)cc1. The van der Waals surface area contributed by atoms with Gasteiger partial charge in [0.05, 0.1) is 0 Å². The van der Waals surface area contributed by atoms with E-state index >= 15 is 0 Å². The highest BCUT2D eigenvalue weighted by molar-refractivity contribution is 5.24. The first-order valence-electron chi connectivity index (χ1n) is 5.08. The van der Waals surface area contributed by atoms with Crippen molar-refractivity contribution in [1.29, 1.82) is 0 Å². The van der Waals surface area contributed by atoms with Crippen molar-refractivity contribution < 1.29 is 0 Å². The molecule has 0 saturated heterocycles. The molecule has 1 aromatic carbocycles. The Morgan fingerprint density at radius 3 is 2.31 bits per heavy atom. The monoisotopic (exact) mass is 177 g/mol. The van der Waals surface area contributed by atoms with Crippen LogP contribution in [0.4, 0.5) is 0 Å². The zero-order valence-corrected chi connectivity index (χ0v) is 8.59. The Kier molecular flexibility index (Phi) is 3.97. The molecule has 0 aliphatic rings. The molecular weight excluding hydrogens is 158 g/mol. The summed E-state index contributed by atoms with van der Waals surface area (Å²) in [7, 11) is 0. The normalized spacial score (nSPS) is 12.8. The van der Waals surface area contributed by atoms with Gasteiger partial charge in [-0.1, -0.05) is 37.6 Å². The molecule has 2 N–H and O–H groups in total. The van der Waals surface area contributed by atoms with Crippen LogP contribution in [-0.2, 0) is 6.42 Å². The molecule has 1 atom stereocenters. The Morgan fingerprint density at radius 2 is 1.85 bits per heavy atom. The van der Waals surface area contributed by atoms with Crippen molar-refractivity contribution in [2.75, 3.05) is 0 Å². The molecule has 1 heteroatoms. The van der Waals surface area contributed by atoms with Gasteiger partial charge in [-0.05, 0) is 30.9 Å². The minimum absolute atomic E-state index is 0.153. The molecule has 13 heavy (non-hydrogen) atoms. The van der Waals surface area contributed by atoms with Gasteiger partial charge in [0.2, 0.25) is 0 Å². The topological polar surface area (TPSA) is 26.0 Å². The summed E-state index contributed by atoms with van der Waals surface area (Å²) < 4.78 is 0. The lowest BCUT2D eigenvalue weighted by Crippen LogP contribution is -2.04. The Hall–Kier alpha value is -0.820. The predicted octanol–water partition coefficient (Wildman–Crippen LogP) is 3.05. The first kappa shape index (κ1) is 10.3. The number of hydrogen-bond donors (Lipinski definition) is 1. The highest BCUT2D eigenvalue weighted by atomic mass is 14.6. The third-order valence-electron chi connectivity index (χ3n) is 2.32. The van der Waals surface area contributed by atoms with Gasteiger partial charge in [0, 0.05) is 6.04 Å². The van der Waals surface area contributed by atoms with Gasteiger partial charge < -0.3 is 5.73 Å². The maximum atomic E-state index is 5.76. The Balaban J connectivity index is 2.59. The highest BCUT2D eigenvalue weighted by Crippen LogP contribution is 2.12. The van der Waals surface area contributed by atoms with E-state index in [1.165, 1.54) is 30.4 Å². The lowest BCUT2D eigenvalue weighted by molar-refractivity contribution is 0.789. The molecule has 0 radical (unpaired) electrons. The lowest BCUT2D eigenvalue weighted by atomic mass is 10.0. The van der Waals surface area contributed by atoms with E-state index < -0.39 is 0 Å².